The fourth-order valence-corrected chi connectivity index (χ4v) is 3.21. The molecular weight excluding hydrogens is 262 g/mol. The van der Waals surface area contributed by atoms with Crippen molar-refractivity contribution in [3.8, 4) is 0 Å². The number of hydrogen-bond acceptors (Lipinski definition) is 2. The Labute approximate surface area is 124 Å². The Morgan fingerprint density at radius 2 is 0.950 bits per heavy atom. The molecule has 0 aliphatic rings. The zero-order chi connectivity index (χ0) is 14.7. The molecule has 0 spiro atoms. The first-order valence-electron chi connectivity index (χ1n) is 6.58. The van der Waals surface area contributed by atoms with Crippen molar-refractivity contribution >= 4 is 37.3 Å². The Kier molecular flexibility index (Phi) is 4.72. The molecule has 0 saturated heterocycles. The van der Waals surface area contributed by atoms with Crippen LogP contribution in [0.15, 0.2) is 48.5 Å². The molecule has 20 heavy (non-hydrogen) atoms. The Balaban J connectivity index is 2.19. The molecule has 4 heteroatoms. The minimum absolute atomic E-state index is 0.771. The van der Waals surface area contributed by atoms with Crippen molar-refractivity contribution in [2.75, 3.05) is 38.0 Å². The second-order valence-corrected chi connectivity index (χ2v) is 6.96. The molecule has 2 aromatic rings. The SMILES string of the molecule is [B]P(c1ccc(N(C)C)cc1)c1ccc(N(C)C)cc1. The van der Waals surface area contributed by atoms with Gasteiger partial charge >= 0.3 is 0 Å². The summed E-state index contributed by atoms with van der Waals surface area (Å²) in [6, 6.07) is 17.0. The molecule has 0 N–H and O–H groups in total. The molecule has 0 amide bonds. The van der Waals surface area contributed by atoms with Gasteiger partial charge in [-0.15, -0.1) is 0 Å². The smallest absolute Gasteiger partial charge is 0.121 e. The Morgan fingerprint density at radius 1 is 0.650 bits per heavy atom. The average Bonchev–Trinajstić information content (AvgIpc) is 2.46. The van der Waals surface area contributed by atoms with E-state index in [1.54, 1.807) is 0 Å². The van der Waals surface area contributed by atoms with Crippen LogP contribution in [0.25, 0.3) is 0 Å². The monoisotopic (exact) mass is 282 g/mol. The van der Waals surface area contributed by atoms with Crippen LogP contribution < -0.4 is 20.4 Å². The topological polar surface area (TPSA) is 6.48 Å². The van der Waals surface area contributed by atoms with E-state index in [0.717, 1.165) is 0 Å². The second kappa shape index (κ2) is 6.32. The molecule has 0 atom stereocenters. The van der Waals surface area contributed by atoms with Gasteiger partial charge in [0.2, 0.25) is 0 Å². The Morgan fingerprint density at radius 3 is 1.20 bits per heavy atom. The van der Waals surface area contributed by atoms with Crippen LogP contribution >= 0.6 is 7.80 Å². The number of rotatable bonds is 4. The molecule has 2 aromatic carbocycles. The average molecular weight is 282 g/mol. The van der Waals surface area contributed by atoms with Crippen LogP contribution in [0.4, 0.5) is 11.4 Å². The largest absolute Gasteiger partial charge is 0.378 e. The van der Waals surface area contributed by atoms with Crippen LogP contribution in [0.3, 0.4) is 0 Å². The van der Waals surface area contributed by atoms with E-state index in [4.69, 9.17) is 7.57 Å². The quantitative estimate of drug-likeness (QED) is 0.627. The van der Waals surface area contributed by atoms with Gasteiger partial charge in [0.1, 0.15) is 7.57 Å². The van der Waals surface area contributed by atoms with Gasteiger partial charge in [-0.3, -0.25) is 0 Å². The highest BCUT2D eigenvalue weighted by Crippen LogP contribution is 2.28. The molecule has 0 heterocycles. The predicted molar refractivity (Wildman–Crippen MR) is 93.5 cm³/mol. The maximum Gasteiger partial charge on any atom is 0.121 e. The highest BCUT2D eigenvalue weighted by molar-refractivity contribution is 7.94. The van der Waals surface area contributed by atoms with Gasteiger partial charge in [-0.25, -0.2) is 0 Å². The maximum absolute atomic E-state index is 6.41. The third-order valence-corrected chi connectivity index (χ3v) is 5.00. The summed E-state index contributed by atoms with van der Waals surface area (Å²) in [6.45, 7) is 0. The van der Waals surface area contributed by atoms with E-state index in [9.17, 15) is 0 Å². The molecule has 0 aromatic heterocycles. The standard InChI is InChI=1S/C16H20BN2P/c1-18(2)13-5-9-15(10-6-13)20(17)16-11-7-14(8-12-16)19(3)4/h5-12H,1-4H3. The normalized spacial score (nSPS) is 10.7. The molecule has 0 saturated carbocycles. The zero-order valence-electron chi connectivity index (χ0n) is 12.5. The lowest BCUT2D eigenvalue weighted by Gasteiger charge is -2.18. The van der Waals surface area contributed by atoms with Gasteiger partial charge in [0.05, 0.1) is 0 Å². The summed E-state index contributed by atoms with van der Waals surface area (Å²) in [5.74, 6) is 0. The molecule has 0 bridgehead atoms. The summed E-state index contributed by atoms with van der Waals surface area (Å²) in [7, 11) is 13.8. The minimum Gasteiger partial charge on any atom is -0.378 e. The highest BCUT2D eigenvalue weighted by atomic mass is 31.1. The van der Waals surface area contributed by atoms with E-state index in [0.29, 0.717) is 0 Å². The zero-order valence-corrected chi connectivity index (χ0v) is 13.4. The number of benzene rings is 2. The second-order valence-electron chi connectivity index (χ2n) is 5.19. The summed E-state index contributed by atoms with van der Waals surface area (Å²) >= 11 is 0. The van der Waals surface area contributed by atoms with E-state index in [1.165, 1.54) is 22.0 Å². The van der Waals surface area contributed by atoms with E-state index in [2.05, 4.69) is 58.3 Å². The molecule has 0 aliphatic heterocycles. The van der Waals surface area contributed by atoms with Crippen LogP contribution in [0, 0.1) is 0 Å². The Hall–Kier alpha value is -1.47. The number of anilines is 2. The van der Waals surface area contributed by atoms with Crippen LogP contribution in [0.2, 0.25) is 0 Å². The molecule has 0 fully saturated rings. The lowest BCUT2D eigenvalue weighted by molar-refractivity contribution is 1.13. The van der Waals surface area contributed by atoms with E-state index in [1.807, 2.05) is 28.2 Å². The van der Waals surface area contributed by atoms with E-state index >= 15 is 0 Å². The number of nitrogens with zero attached hydrogens (tertiary/aromatic N) is 2. The van der Waals surface area contributed by atoms with Gasteiger partial charge < -0.3 is 9.80 Å². The van der Waals surface area contributed by atoms with Crippen molar-refractivity contribution in [3.05, 3.63) is 48.5 Å². The molecule has 2 radical (unpaired) electrons. The lowest BCUT2D eigenvalue weighted by atomic mass is 10.3. The van der Waals surface area contributed by atoms with Crippen molar-refractivity contribution in [3.63, 3.8) is 0 Å². The van der Waals surface area contributed by atoms with Crippen molar-refractivity contribution in [2.45, 2.75) is 0 Å². The third kappa shape index (κ3) is 3.35. The van der Waals surface area contributed by atoms with E-state index in [-0.39, 0.29) is 0 Å². The fourth-order valence-electron chi connectivity index (χ4n) is 1.97. The lowest BCUT2D eigenvalue weighted by Crippen LogP contribution is -2.14. The van der Waals surface area contributed by atoms with Crippen molar-refractivity contribution in [1.29, 1.82) is 0 Å². The highest BCUT2D eigenvalue weighted by Gasteiger charge is 2.08. The van der Waals surface area contributed by atoms with Crippen LogP contribution in [0.1, 0.15) is 0 Å². The van der Waals surface area contributed by atoms with Crippen molar-refractivity contribution < 1.29 is 0 Å². The molecule has 2 nitrogen and oxygen atoms in total. The fraction of sp³-hybridized carbons (Fsp3) is 0.250. The van der Waals surface area contributed by atoms with Gasteiger partial charge in [-0.05, 0) is 34.9 Å². The molecule has 2 rings (SSSR count). The van der Waals surface area contributed by atoms with E-state index < -0.39 is 7.80 Å². The predicted octanol–water partition coefficient (Wildman–Crippen LogP) is 2.33. The summed E-state index contributed by atoms with van der Waals surface area (Å²) in [5, 5.41) is 2.39. The molecule has 0 unspecified atom stereocenters. The third-order valence-electron chi connectivity index (χ3n) is 3.29. The van der Waals surface area contributed by atoms with Gasteiger partial charge in [-0.2, -0.15) is 0 Å². The van der Waals surface area contributed by atoms with Crippen LogP contribution in [-0.2, 0) is 0 Å². The first kappa shape index (κ1) is 14.9. The molecule has 0 aliphatic carbocycles. The van der Waals surface area contributed by atoms with Gasteiger partial charge in [-0.1, -0.05) is 32.1 Å². The summed E-state index contributed by atoms with van der Waals surface area (Å²) in [4.78, 5) is 4.18. The van der Waals surface area contributed by atoms with Crippen LogP contribution in [-0.4, -0.2) is 35.8 Å². The van der Waals surface area contributed by atoms with Gasteiger partial charge in [0, 0.05) is 39.6 Å². The molecule has 102 valence electrons. The molecular formula is C16H20BN2P. The van der Waals surface area contributed by atoms with Crippen molar-refractivity contribution in [1.82, 2.24) is 0 Å². The van der Waals surface area contributed by atoms with Crippen LogP contribution in [0.5, 0.6) is 0 Å². The summed E-state index contributed by atoms with van der Waals surface area (Å²) in [5.41, 5.74) is 2.39. The van der Waals surface area contributed by atoms with Crippen molar-refractivity contribution in [2.24, 2.45) is 0 Å². The number of hydrogen-bond donors (Lipinski definition) is 0. The maximum atomic E-state index is 6.41. The first-order chi connectivity index (χ1) is 9.49. The summed E-state index contributed by atoms with van der Waals surface area (Å²) in [6.07, 6.45) is 0. The summed E-state index contributed by atoms with van der Waals surface area (Å²) < 4.78 is 0. The Bertz CT molecular complexity index is 498. The first-order valence-corrected chi connectivity index (χ1v) is 8.00. The van der Waals surface area contributed by atoms with Gasteiger partial charge in [0.15, 0.2) is 0 Å². The minimum atomic E-state index is -0.771. The van der Waals surface area contributed by atoms with Gasteiger partial charge in [0.25, 0.3) is 0 Å².